The van der Waals surface area contributed by atoms with Gasteiger partial charge in [-0.3, -0.25) is 9.78 Å². The van der Waals surface area contributed by atoms with Crippen LogP contribution < -0.4 is 5.32 Å². The lowest BCUT2D eigenvalue weighted by Crippen LogP contribution is -2.39. The number of amides is 1. The Balaban J connectivity index is 1.19. The molecule has 5 rings (SSSR count). The van der Waals surface area contributed by atoms with E-state index in [1.807, 2.05) is 67.3 Å². The summed E-state index contributed by atoms with van der Waals surface area (Å²) in [4.78, 5) is 18.7. The van der Waals surface area contributed by atoms with Gasteiger partial charge in [0.15, 0.2) is 0 Å². The number of pyridine rings is 1. The third-order valence-corrected chi connectivity index (χ3v) is 8.70. The van der Waals surface area contributed by atoms with Gasteiger partial charge in [0, 0.05) is 42.1 Å². The molecule has 238 valence electrons. The molecule has 0 unspecified atom stereocenters. The number of hydrogen-bond donors (Lipinski definition) is 1. The molecule has 0 spiro atoms. The first-order valence-corrected chi connectivity index (χ1v) is 15.6. The van der Waals surface area contributed by atoms with Crippen molar-refractivity contribution in [2.24, 2.45) is 5.92 Å². The number of rotatable bonds is 9. The first-order valence-electron chi connectivity index (χ1n) is 15.6. The summed E-state index contributed by atoms with van der Waals surface area (Å²) in [6.07, 6.45) is 3.09. The molecule has 0 radical (unpaired) electrons. The zero-order valence-corrected chi connectivity index (χ0v) is 26.2. The van der Waals surface area contributed by atoms with E-state index < -0.39 is 18.1 Å². The fraction of sp³-hybridized carbons (Fsp3) is 0.378. The first kappa shape index (κ1) is 32.6. The highest BCUT2D eigenvalue weighted by molar-refractivity contribution is 5.83. The van der Waals surface area contributed by atoms with Gasteiger partial charge in [-0.1, -0.05) is 24.1 Å². The molecule has 1 amide bonds. The van der Waals surface area contributed by atoms with Crippen LogP contribution >= 0.6 is 0 Å². The Morgan fingerprint density at radius 2 is 1.72 bits per heavy atom. The number of benzene rings is 2. The van der Waals surface area contributed by atoms with Crippen molar-refractivity contribution in [2.45, 2.75) is 64.1 Å². The van der Waals surface area contributed by atoms with Crippen LogP contribution in [0.3, 0.4) is 0 Å². The predicted molar refractivity (Wildman–Crippen MR) is 174 cm³/mol. The van der Waals surface area contributed by atoms with Gasteiger partial charge in [-0.2, -0.15) is 18.4 Å². The fourth-order valence-electron chi connectivity index (χ4n) is 5.91. The van der Waals surface area contributed by atoms with E-state index in [-0.39, 0.29) is 12.5 Å². The maximum Gasteiger partial charge on any atom is 0.406 e. The Morgan fingerprint density at radius 1 is 1.00 bits per heavy atom. The topological polar surface area (TPSA) is 74.0 Å². The average molecular weight is 626 g/mol. The summed E-state index contributed by atoms with van der Waals surface area (Å²) in [5.74, 6) is 6.55. The number of anilines is 1. The molecular weight excluding hydrogens is 587 g/mol. The van der Waals surface area contributed by atoms with Crippen LogP contribution in [0.15, 0.2) is 73.1 Å². The number of likely N-dealkylation sites (tertiary alicyclic amines) is 1. The summed E-state index contributed by atoms with van der Waals surface area (Å²) in [6.45, 7) is 4.34. The molecule has 0 atom stereocenters. The molecule has 6 nitrogen and oxygen atoms in total. The van der Waals surface area contributed by atoms with Gasteiger partial charge in [0.25, 0.3) is 0 Å². The van der Waals surface area contributed by atoms with Crippen molar-refractivity contribution >= 4 is 22.5 Å². The molecule has 9 heteroatoms. The van der Waals surface area contributed by atoms with Gasteiger partial charge in [-0.15, -0.1) is 0 Å². The lowest BCUT2D eigenvalue weighted by atomic mass is 9.86. The second kappa shape index (κ2) is 14.1. The molecule has 1 N–H and O–H groups in total. The van der Waals surface area contributed by atoms with Gasteiger partial charge in [0.05, 0.1) is 30.1 Å². The van der Waals surface area contributed by atoms with Crippen molar-refractivity contribution in [3.8, 4) is 17.9 Å². The van der Waals surface area contributed by atoms with E-state index in [2.05, 4.69) is 28.2 Å². The zero-order chi connectivity index (χ0) is 32.7. The van der Waals surface area contributed by atoms with Gasteiger partial charge < -0.3 is 14.8 Å². The number of nitrogens with zero attached hydrogens (tertiary/aromatic N) is 4. The highest BCUT2D eigenvalue weighted by atomic mass is 19.4. The minimum Gasteiger partial charge on any atom is -0.374 e. The average Bonchev–Trinajstić information content (AvgIpc) is 3.37. The Labute approximate surface area is 268 Å². The van der Waals surface area contributed by atoms with Crippen LogP contribution in [0.1, 0.15) is 55.5 Å². The fourth-order valence-corrected chi connectivity index (χ4v) is 5.91. The van der Waals surface area contributed by atoms with Gasteiger partial charge in [0.2, 0.25) is 5.91 Å². The maximum atomic E-state index is 13.5. The van der Waals surface area contributed by atoms with E-state index in [9.17, 15) is 23.2 Å². The van der Waals surface area contributed by atoms with E-state index in [0.717, 1.165) is 66.5 Å². The second-order valence-electron chi connectivity index (χ2n) is 12.5. The second-order valence-corrected chi connectivity index (χ2v) is 12.5. The highest BCUT2D eigenvalue weighted by Crippen LogP contribution is 2.29. The number of piperidine rings is 1. The molecule has 1 saturated heterocycles. The van der Waals surface area contributed by atoms with E-state index in [1.165, 1.54) is 4.57 Å². The van der Waals surface area contributed by atoms with E-state index in [1.54, 1.807) is 24.5 Å². The Hall–Kier alpha value is -4.76. The van der Waals surface area contributed by atoms with Crippen LogP contribution in [0.2, 0.25) is 0 Å². The monoisotopic (exact) mass is 625 g/mol. The standard InChI is InChI=1S/C37H38F3N5O/c1-36(2,25-41)31-8-10-32(11-9-31)43-17-3-4-33-24-30-22-28(7-12-34(30)45(33)26-37(38,39)40)6-5-27-15-20-44(21-16-27)35(46)23-29-13-18-42-19-14-29/h7-14,18-19,22,24,27,43H,5-6,15-17,20-21,23,26H2,1-2H3. The van der Waals surface area contributed by atoms with E-state index in [4.69, 9.17) is 0 Å². The van der Waals surface area contributed by atoms with Gasteiger partial charge in [0.1, 0.15) is 6.54 Å². The van der Waals surface area contributed by atoms with Crippen molar-refractivity contribution < 1.29 is 18.0 Å². The molecule has 1 aliphatic heterocycles. The number of hydrogen-bond acceptors (Lipinski definition) is 4. The largest absolute Gasteiger partial charge is 0.406 e. The summed E-state index contributed by atoms with van der Waals surface area (Å²) in [7, 11) is 0. The Kier molecular flexibility index (Phi) is 10.0. The molecule has 0 bridgehead atoms. The summed E-state index contributed by atoms with van der Waals surface area (Å²) >= 11 is 0. The summed E-state index contributed by atoms with van der Waals surface area (Å²) in [5.41, 5.74) is 4.00. The van der Waals surface area contributed by atoms with E-state index in [0.29, 0.717) is 23.5 Å². The number of aromatic nitrogens is 2. The number of aryl methyl sites for hydroxylation is 1. The van der Waals surface area contributed by atoms with Crippen LogP contribution in [0.4, 0.5) is 18.9 Å². The van der Waals surface area contributed by atoms with Crippen molar-refractivity contribution in [3.05, 3.63) is 95.4 Å². The lowest BCUT2D eigenvalue weighted by molar-refractivity contribution is -0.140. The molecule has 4 aromatic rings. The molecular formula is C37H38F3N5O. The molecule has 0 saturated carbocycles. The third kappa shape index (κ3) is 8.48. The van der Waals surface area contributed by atoms with Crippen molar-refractivity contribution in [1.29, 1.82) is 5.26 Å². The number of halogens is 3. The SMILES string of the molecule is CC(C)(C#N)c1ccc(NCC#Cc2cc3cc(CCC4CCN(C(=O)Cc5ccncc5)CC4)ccc3n2CC(F)(F)F)cc1. The number of alkyl halides is 3. The number of fused-ring (bicyclic) bond motifs is 1. The number of carbonyl (C=O) groups is 1. The summed E-state index contributed by atoms with van der Waals surface area (Å²) in [6, 6.07) is 20.9. The number of carbonyl (C=O) groups excluding carboxylic acids is 1. The summed E-state index contributed by atoms with van der Waals surface area (Å²) in [5, 5.41) is 13.2. The molecule has 3 heterocycles. The highest BCUT2D eigenvalue weighted by Gasteiger charge is 2.30. The minimum absolute atomic E-state index is 0.142. The molecule has 1 aliphatic rings. The molecule has 2 aromatic carbocycles. The normalized spacial score (nSPS) is 14.0. The van der Waals surface area contributed by atoms with Crippen LogP contribution in [0.25, 0.3) is 10.9 Å². The lowest BCUT2D eigenvalue weighted by Gasteiger charge is -2.32. The predicted octanol–water partition coefficient (Wildman–Crippen LogP) is 7.28. The smallest absolute Gasteiger partial charge is 0.374 e. The van der Waals surface area contributed by atoms with Crippen LogP contribution in [-0.4, -0.2) is 46.2 Å². The Morgan fingerprint density at radius 3 is 2.39 bits per heavy atom. The zero-order valence-electron chi connectivity index (χ0n) is 26.2. The Bertz CT molecular complexity index is 1750. The number of nitriles is 1. The summed E-state index contributed by atoms with van der Waals surface area (Å²) < 4.78 is 41.9. The minimum atomic E-state index is -4.38. The van der Waals surface area contributed by atoms with E-state index >= 15 is 0 Å². The van der Waals surface area contributed by atoms with Crippen LogP contribution in [-0.2, 0) is 29.6 Å². The molecule has 1 fully saturated rings. The van der Waals surface area contributed by atoms with Crippen LogP contribution in [0, 0.1) is 29.1 Å². The number of nitrogens with one attached hydrogen (secondary N) is 1. The van der Waals surface area contributed by atoms with Crippen molar-refractivity contribution in [1.82, 2.24) is 14.5 Å². The van der Waals surface area contributed by atoms with Gasteiger partial charge >= 0.3 is 6.18 Å². The van der Waals surface area contributed by atoms with Crippen LogP contribution in [0.5, 0.6) is 0 Å². The quantitative estimate of drug-likeness (QED) is 0.199. The van der Waals surface area contributed by atoms with Crippen molar-refractivity contribution in [3.63, 3.8) is 0 Å². The van der Waals surface area contributed by atoms with Gasteiger partial charge in [-0.25, -0.2) is 0 Å². The molecule has 2 aromatic heterocycles. The third-order valence-electron chi connectivity index (χ3n) is 8.70. The maximum absolute atomic E-state index is 13.5. The van der Waals surface area contributed by atoms with Crippen molar-refractivity contribution in [2.75, 3.05) is 25.0 Å². The molecule has 46 heavy (non-hydrogen) atoms. The molecule has 0 aliphatic carbocycles. The van der Waals surface area contributed by atoms with Gasteiger partial charge in [-0.05, 0) is 111 Å². The first-order chi connectivity index (χ1) is 22.0.